The fraction of sp³-hybridized carbons (Fsp3) is 0.846. The summed E-state index contributed by atoms with van der Waals surface area (Å²) in [6.07, 6.45) is 18.3. The molecule has 4 rings (SSSR count). The van der Waals surface area contributed by atoms with E-state index in [1.54, 1.807) is 6.21 Å². The molecule has 0 amide bonds. The van der Waals surface area contributed by atoms with Gasteiger partial charge in [-0.25, -0.2) is 0 Å². The summed E-state index contributed by atoms with van der Waals surface area (Å²) in [7, 11) is 0. The predicted octanol–water partition coefficient (Wildman–Crippen LogP) is 4.23. The van der Waals surface area contributed by atoms with Gasteiger partial charge in [0.15, 0.2) is 5.96 Å². The van der Waals surface area contributed by atoms with Crippen molar-refractivity contribution in [1.29, 1.82) is 0 Å². The maximum atomic E-state index is 10.2. The largest absolute Gasteiger partial charge is 0.396 e. The summed E-state index contributed by atoms with van der Waals surface area (Å²) in [5, 5.41) is 14.3. The molecule has 0 radical (unpaired) electrons. The van der Waals surface area contributed by atoms with Gasteiger partial charge in [0.25, 0.3) is 0 Å². The molecule has 32 heavy (non-hydrogen) atoms. The number of allylic oxidation sites excluding steroid dienone is 2. The van der Waals surface area contributed by atoms with Crippen molar-refractivity contribution in [3.63, 3.8) is 0 Å². The average molecular weight is 445 g/mol. The second kappa shape index (κ2) is 9.74. The van der Waals surface area contributed by atoms with Crippen LogP contribution in [-0.2, 0) is 4.84 Å². The van der Waals surface area contributed by atoms with E-state index in [1.165, 1.54) is 44.9 Å². The minimum absolute atomic E-state index is 0.0524. The Balaban J connectivity index is 1.31. The number of hydrogen-bond acceptors (Lipinski definition) is 4. The summed E-state index contributed by atoms with van der Waals surface area (Å²) >= 11 is 0. The van der Waals surface area contributed by atoms with E-state index in [4.69, 9.17) is 16.3 Å². The van der Waals surface area contributed by atoms with Crippen LogP contribution in [-0.4, -0.2) is 36.5 Å². The summed E-state index contributed by atoms with van der Waals surface area (Å²) in [5.74, 6) is 4.09. The van der Waals surface area contributed by atoms with E-state index >= 15 is 0 Å². The Morgan fingerprint density at radius 3 is 2.62 bits per heavy atom. The van der Waals surface area contributed by atoms with Crippen molar-refractivity contribution in [3.05, 3.63) is 12.2 Å². The first-order valence-corrected chi connectivity index (χ1v) is 12.9. The predicted molar refractivity (Wildman–Crippen MR) is 130 cm³/mol. The van der Waals surface area contributed by atoms with E-state index in [0.717, 1.165) is 42.9 Å². The molecule has 4 aliphatic carbocycles. The van der Waals surface area contributed by atoms with Crippen molar-refractivity contribution < 1.29 is 9.94 Å². The van der Waals surface area contributed by atoms with Gasteiger partial charge < -0.3 is 21.4 Å². The zero-order valence-corrected chi connectivity index (χ0v) is 20.1. The fourth-order valence-corrected chi connectivity index (χ4v) is 8.24. The molecule has 180 valence electrons. The third-order valence-electron chi connectivity index (χ3n) is 9.96. The number of guanidine groups is 1. The highest BCUT2D eigenvalue weighted by Crippen LogP contribution is 2.67. The number of nitrogens with two attached hydrogens (primary N) is 2. The molecule has 0 unspecified atom stereocenters. The third kappa shape index (κ3) is 4.57. The van der Waals surface area contributed by atoms with Crippen molar-refractivity contribution in [3.8, 4) is 0 Å². The number of nitrogens with zero attached hydrogens (tertiary/aromatic N) is 2. The van der Waals surface area contributed by atoms with E-state index < -0.39 is 0 Å². The molecular weight excluding hydrogens is 400 g/mol. The number of oxime groups is 1. The van der Waals surface area contributed by atoms with E-state index in [9.17, 15) is 5.11 Å². The zero-order chi connectivity index (χ0) is 22.8. The Hall–Kier alpha value is -1.56. The molecule has 5 N–H and O–H groups in total. The van der Waals surface area contributed by atoms with Gasteiger partial charge in [-0.05, 0) is 104 Å². The van der Waals surface area contributed by atoms with Crippen molar-refractivity contribution >= 4 is 12.2 Å². The minimum Gasteiger partial charge on any atom is -0.396 e. The Morgan fingerprint density at radius 1 is 1.03 bits per heavy atom. The van der Waals surface area contributed by atoms with Crippen LogP contribution in [0.2, 0.25) is 0 Å². The van der Waals surface area contributed by atoms with Gasteiger partial charge in [0.2, 0.25) is 0 Å². The third-order valence-corrected chi connectivity index (χ3v) is 9.96. The van der Waals surface area contributed by atoms with Gasteiger partial charge in [0, 0.05) is 13.0 Å². The van der Waals surface area contributed by atoms with Gasteiger partial charge in [-0.15, -0.1) is 0 Å². The number of hydrogen-bond donors (Lipinski definition) is 3. The first-order chi connectivity index (χ1) is 15.3. The lowest BCUT2D eigenvalue weighted by Crippen LogP contribution is -2.53. The Kier molecular flexibility index (Phi) is 7.18. The standard InChI is InChI=1S/C26H44N4O2/c1-25-13-11-23-21(8-6-19-17-20(31)10-12-26(19,23)2)22(25)9-7-18(25)5-3-15-30-32-16-4-14-29-24(27)28/h3,5,15,18-23,31H,4,6-14,16-17H2,1-2H3,(H4,27,28,29)/b5-3+,30-15+/t18-,19+,20-,21-,22-,23-,25+,26-/m0/s1. The SMILES string of the molecule is C[C@]12CC[C@H](O)C[C@H]1CC[C@@H]1[C@@H]2CC[C@]2(C)[C@@H](/C=C/C=N/OCCCN=C(N)N)CC[C@@H]12. The molecule has 4 aliphatic rings. The molecule has 4 saturated carbocycles. The highest BCUT2D eigenvalue weighted by atomic mass is 16.6. The quantitative estimate of drug-likeness (QED) is 0.236. The first-order valence-electron chi connectivity index (χ1n) is 12.9. The molecule has 6 heteroatoms. The summed E-state index contributed by atoms with van der Waals surface area (Å²) < 4.78 is 0. The van der Waals surface area contributed by atoms with E-state index in [1.807, 2.05) is 0 Å². The lowest BCUT2D eigenvalue weighted by molar-refractivity contribution is -0.124. The molecule has 6 nitrogen and oxygen atoms in total. The number of aliphatic hydroxyl groups excluding tert-OH is 1. The molecule has 0 bridgehead atoms. The van der Waals surface area contributed by atoms with Crippen LogP contribution < -0.4 is 11.5 Å². The van der Waals surface area contributed by atoms with Crippen LogP contribution in [0.1, 0.15) is 78.1 Å². The Morgan fingerprint density at radius 2 is 1.81 bits per heavy atom. The molecule has 0 aliphatic heterocycles. The van der Waals surface area contributed by atoms with Gasteiger partial charge in [0.1, 0.15) is 6.61 Å². The van der Waals surface area contributed by atoms with E-state index in [0.29, 0.717) is 29.9 Å². The van der Waals surface area contributed by atoms with Crippen molar-refractivity contribution in [2.45, 2.75) is 84.2 Å². The van der Waals surface area contributed by atoms with Crippen LogP contribution in [0.5, 0.6) is 0 Å². The van der Waals surface area contributed by atoms with Crippen LogP contribution in [0.4, 0.5) is 0 Å². The van der Waals surface area contributed by atoms with Gasteiger partial charge in [-0.2, -0.15) is 0 Å². The lowest BCUT2D eigenvalue weighted by Gasteiger charge is -2.60. The maximum absolute atomic E-state index is 10.2. The topological polar surface area (TPSA) is 106 Å². The minimum atomic E-state index is -0.0524. The highest BCUT2D eigenvalue weighted by Gasteiger charge is 2.59. The molecular formula is C26H44N4O2. The number of aliphatic imine (C=N–C) groups is 1. The second-order valence-electron chi connectivity index (χ2n) is 11.4. The smallest absolute Gasteiger partial charge is 0.185 e. The molecule has 0 aromatic rings. The van der Waals surface area contributed by atoms with Crippen molar-refractivity contribution in [2.24, 2.45) is 62.0 Å². The molecule has 0 aromatic carbocycles. The number of aliphatic hydroxyl groups is 1. The van der Waals surface area contributed by atoms with Gasteiger partial charge in [0.05, 0.1) is 12.3 Å². The fourth-order valence-electron chi connectivity index (χ4n) is 8.24. The molecule has 4 fully saturated rings. The monoisotopic (exact) mass is 444 g/mol. The summed E-state index contributed by atoms with van der Waals surface area (Å²) in [4.78, 5) is 9.23. The first kappa shape index (κ1) is 23.6. The average Bonchev–Trinajstić information content (AvgIpc) is 3.09. The van der Waals surface area contributed by atoms with Crippen LogP contribution in [0, 0.1) is 40.4 Å². The van der Waals surface area contributed by atoms with E-state index in [2.05, 4.69) is 36.1 Å². The number of rotatable bonds is 7. The van der Waals surface area contributed by atoms with Gasteiger partial charge in [-0.1, -0.05) is 25.1 Å². The summed E-state index contributed by atoms with van der Waals surface area (Å²) in [6.45, 7) is 6.22. The van der Waals surface area contributed by atoms with Gasteiger partial charge in [-0.3, -0.25) is 4.99 Å². The van der Waals surface area contributed by atoms with Crippen molar-refractivity contribution in [1.82, 2.24) is 0 Å². The maximum Gasteiger partial charge on any atom is 0.185 e. The van der Waals surface area contributed by atoms with Gasteiger partial charge >= 0.3 is 0 Å². The summed E-state index contributed by atoms with van der Waals surface area (Å²) in [6, 6.07) is 0. The molecule has 0 aromatic heterocycles. The van der Waals surface area contributed by atoms with Crippen molar-refractivity contribution in [2.75, 3.05) is 13.2 Å². The van der Waals surface area contributed by atoms with Crippen LogP contribution in [0.3, 0.4) is 0 Å². The normalized spacial score (nSPS) is 43.6. The Bertz CT molecular complexity index is 733. The lowest BCUT2D eigenvalue weighted by atomic mass is 9.44. The number of fused-ring (bicyclic) bond motifs is 5. The highest BCUT2D eigenvalue weighted by molar-refractivity contribution is 5.75. The van der Waals surface area contributed by atoms with Crippen LogP contribution in [0.25, 0.3) is 0 Å². The molecule has 8 atom stereocenters. The summed E-state index contributed by atoms with van der Waals surface area (Å²) in [5.41, 5.74) is 11.5. The molecule has 0 spiro atoms. The Labute approximate surface area is 193 Å². The second-order valence-corrected chi connectivity index (χ2v) is 11.4. The van der Waals surface area contributed by atoms with Crippen LogP contribution >= 0.6 is 0 Å². The molecule has 0 saturated heterocycles. The van der Waals surface area contributed by atoms with Crippen LogP contribution in [0.15, 0.2) is 22.3 Å². The molecule has 0 heterocycles. The van der Waals surface area contributed by atoms with E-state index in [-0.39, 0.29) is 12.1 Å². The zero-order valence-electron chi connectivity index (χ0n) is 20.1.